The normalized spacial score (nSPS) is 34.9. The van der Waals surface area contributed by atoms with Crippen LogP contribution >= 0.6 is 0 Å². The summed E-state index contributed by atoms with van der Waals surface area (Å²) in [7, 11) is 0. The van der Waals surface area contributed by atoms with Crippen molar-refractivity contribution in [1.82, 2.24) is 4.90 Å². The van der Waals surface area contributed by atoms with Gasteiger partial charge in [0, 0.05) is 6.04 Å². The van der Waals surface area contributed by atoms with E-state index >= 15 is 0 Å². The van der Waals surface area contributed by atoms with Crippen LogP contribution in [0.2, 0.25) is 0 Å². The summed E-state index contributed by atoms with van der Waals surface area (Å²) in [6.07, 6.45) is 7.64. The quantitative estimate of drug-likeness (QED) is 0.659. The zero-order chi connectivity index (χ0) is 10.7. The van der Waals surface area contributed by atoms with Crippen LogP contribution in [-0.2, 0) is 0 Å². The van der Waals surface area contributed by atoms with Gasteiger partial charge in [-0.25, -0.2) is 0 Å². The van der Waals surface area contributed by atoms with Crippen LogP contribution in [0.4, 0.5) is 0 Å². The number of rotatable bonds is 1. The predicted octanol–water partition coefficient (Wildman–Crippen LogP) is 2.80. The second-order valence-corrected chi connectivity index (χ2v) is 5.31. The third-order valence-electron chi connectivity index (χ3n) is 4.18. The van der Waals surface area contributed by atoms with E-state index in [1.807, 2.05) is 0 Å². The average Bonchev–Trinajstić information content (AvgIpc) is 2.30. The van der Waals surface area contributed by atoms with E-state index in [1.165, 1.54) is 45.2 Å². The van der Waals surface area contributed by atoms with E-state index in [4.69, 9.17) is 5.26 Å². The summed E-state index contributed by atoms with van der Waals surface area (Å²) in [6, 6.07) is 3.10. The van der Waals surface area contributed by atoms with E-state index in [-0.39, 0.29) is 0 Å². The Hall–Kier alpha value is -0.550. The average molecular weight is 206 g/mol. The maximum atomic E-state index is 9.17. The van der Waals surface area contributed by atoms with Gasteiger partial charge in [-0.1, -0.05) is 19.8 Å². The van der Waals surface area contributed by atoms with Crippen LogP contribution in [0.3, 0.4) is 0 Å². The lowest BCUT2D eigenvalue weighted by molar-refractivity contribution is 0.0892. The number of hydrogen-bond acceptors (Lipinski definition) is 2. The van der Waals surface area contributed by atoms with Crippen molar-refractivity contribution in [2.24, 2.45) is 11.8 Å². The van der Waals surface area contributed by atoms with E-state index in [9.17, 15) is 0 Å². The van der Waals surface area contributed by atoms with Gasteiger partial charge in [0.15, 0.2) is 0 Å². The first-order chi connectivity index (χ1) is 7.31. The molecule has 2 fully saturated rings. The molecule has 1 heterocycles. The molecule has 0 N–H and O–H groups in total. The third kappa shape index (κ3) is 2.52. The number of hydrogen-bond donors (Lipinski definition) is 0. The molecule has 2 unspecified atom stereocenters. The molecule has 15 heavy (non-hydrogen) atoms. The van der Waals surface area contributed by atoms with Crippen LogP contribution in [0.5, 0.6) is 0 Å². The first-order valence-electron chi connectivity index (χ1n) is 6.45. The fraction of sp³-hybridized carbons (Fsp3) is 0.923. The summed E-state index contributed by atoms with van der Waals surface area (Å²) in [5, 5.41) is 9.17. The summed E-state index contributed by atoms with van der Waals surface area (Å²) in [4.78, 5) is 2.59. The molecule has 0 radical (unpaired) electrons. The molecule has 1 saturated carbocycles. The highest BCUT2D eigenvalue weighted by Crippen LogP contribution is 2.30. The lowest BCUT2D eigenvalue weighted by Crippen LogP contribution is -2.45. The molecule has 0 aromatic heterocycles. The standard InChI is InChI=1S/C13H22N2/c1-11-6-8-15(9-7-11)13-5-3-2-4-12(13)10-14/h11-13H,2-9H2,1H3. The van der Waals surface area contributed by atoms with E-state index in [1.54, 1.807) is 0 Å². The number of nitrogens with zero attached hydrogens (tertiary/aromatic N) is 2. The molecule has 1 saturated heterocycles. The van der Waals surface area contributed by atoms with Crippen molar-refractivity contribution < 1.29 is 0 Å². The van der Waals surface area contributed by atoms with Gasteiger partial charge in [-0.15, -0.1) is 0 Å². The minimum Gasteiger partial charge on any atom is -0.299 e. The Kier molecular flexibility index (Phi) is 3.64. The van der Waals surface area contributed by atoms with Crippen LogP contribution < -0.4 is 0 Å². The first-order valence-corrected chi connectivity index (χ1v) is 6.45. The Bertz CT molecular complexity index is 235. The molecule has 2 aliphatic rings. The van der Waals surface area contributed by atoms with Crippen molar-refractivity contribution in [2.75, 3.05) is 13.1 Å². The Morgan fingerprint density at radius 3 is 2.40 bits per heavy atom. The Balaban J connectivity index is 1.93. The number of nitriles is 1. The van der Waals surface area contributed by atoms with Crippen LogP contribution in [0.1, 0.15) is 45.4 Å². The van der Waals surface area contributed by atoms with Crippen molar-refractivity contribution in [3.8, 4) is 6.07 Å². The Labute approximate surface area is 93.3 Å². The molecule has 0 amide bonds. The summed E-state index contributed by atoms with van der Waals surface area (Å²) in [5.41, 5.74) is 0. The largest absolute Gasteiger partial charge is 0.299 e. The monoisotopic (exact) mass is 206 g/mol. The second-order valence-electron chi connectivity index (χ2n) is 5.31. The zero-order valence-corrected chi connectivity index (χ0v) is 9.78. The molecule has 1 aliphatic carbocycles. The minimum absolute atomic E-state index is 0.312. The molecule has 2 rings (SSSR count). The molecule has 0 aromatic rings. The highest BCUT2D eigenvalue weighted by molar-refractivity contribution is 4.96. The first kappa shape index (κ1) is 11.0. The van der Waals surface area contributed by atoms with Crippen LogP contribution in [0.15, 0.2) is 0 Å². The Morgan fingerprint density at radius 1 is 1.07 bits per heavy atom. The SMILES string of the molecule is CC1CCN(C2CCCCC2C#N)CC1. The molecule has 0 aromatic carbocycles. The maximum absolute atomic E-state index is 9.17. The van der Waals surface area contributed by atoms with Gasteiger partial charge < -0.3 is 0 Å². The van der Waals surface area contributed by atoms with Crippen molar-refractivity contribution in [1.29, 1.82) is 5.26 Å². The fourth-order valence-corrected chi connectivity index (χ4v) is 3.06. The molecule has 0 bridgehead atoms. The van der Waals surface area contributed by atoms with E-state index in [0.717, 1.165) is 12.3 Å². The van der Waals surface area contributed by atoms with Crippen LogP contribution in [0.25, 0.3) is 0 Å². The number of piperidine rings is 1. The maximum Gasteiger partial charge on any atom is 0.0672 e. The van der Waals surface area contributed by atoms with E-state index in [2.05, 4.69) is 17.9 Å². The van der Waals surface area contributed by atoms with Gasteiger partial charge in [0.2, 0.25) is 0 Å². The molecular formula is C13H22N2. The van der Waals surface area contributed by atoms with Crippen LogP contribution in [0, 0.1) is 23.2 Å². The van der Waals surface area contributed by atoms with Gasteiger partial charge in [-0.2, -0.15) is 5.26 Å². The van der Waals surface area contributed by atoms with E-state index in [0.29, 0.717) is 12.0 Å². The molecule has 2 atom stereocenters. The van der Waals surface area contributed by atoms with Gasteiger partial charge >= 0.3 is 0 Å². The van der Waals surface area contributed by atoms with E-state index < -0.39 is 0 Å². The predicted molar refractivity (Wildman–Crippen MR) is 61.3 cm³/mol. The molecule has 84 valence electrons. The van der Waals surface area contributed by atoms with Crippen molar-refractivity contribution in [2.45, 2.75) is 51.5 Å². The minimum atomic E-state index is 0.312. The van der Waals surface area contributed by atoms with Crippen molar-refractivity contribution >= 4 is 0 Å². The molecule has 1 aliphatic heterocycles. The van der Waals surface area contributed by atoms with Crippen molar-refractivity contribution in [3.05, 3.63) is 0 Å². The van der Waals surface area contributed by atoms with Gasteiger partial charge in [0.25, 0.3) is 0 Å². The number of likely N-dealkylation sites (tertiary alicyclic amines) is 1. The summed E-state index contributed by atoms with van der Waals surface area (Å²) >= 11 is 0. The fourth-order valence-electron chi connectivity index (χ4n) is 3.06. The highest BCUT2D eigenvalue weighted by atomic mass is 15.2. The lowest BCUT2D eigenvalue weighted by atomic mass is 9.83. The van der Waals surface area contributed by atoms with Crippen molar-refractivity contribution in [3.63, 3.8) is 0 Å². The van der Waals surface area contributed by atoms with Crippen LogP contribution in [-0.4, -0.2) is 24.0 Å². The van der Waals surface area contributed by atoms with Gasteiger partial charge in [-0.3, -0.25) is 4.90 Å². The third-order valence-corrected chi connectivity index (χ3v) is 4.18. The van der Waals surface area contributed by atoms with Gasteiger partial charge in [0.05, 0.1) is 12.0 Å². The molecule has 0 spiro atoms. The smallest absolute Gasteiger partial charge is 0.0672 e. The van der Waals surface area contributed by atoms with Gasteiger partial charge in [-0.05, 0) is 44.7 Å². The molecule has 2 heteroatoms. The highest BCUT2D eigenvalue weighted by Gasteiger charge is 2.31. The lowest BCUT2D eigenvalue weighted by Gasteiger charge is -2.40. The molecular weight excluding hydrogens is 184 g/mol. The summed E-state index contributed by atoms with van der Waals surface area (Å²) < 4.78 is 0. The second kappa shape index (κ2) is 4.99. The zero-order valence-electron chi connectivity index (χ0n) is 9.78. The Morgan fingerprint density at radius 2 is 1.73 bits per heavy atom. The topological polar surface area (TPSA) is 27.0 Å². The van der Waals surface area contributed by atoms with Gasteiger partial charge in [0.1, 0.15) is 0 Å². The summed E-state index contributed by atoms with van der Waals surface area (Å²) in [5.74, 6) is 1.21. The molecule has 2 nitrogen and oxygen atoms in total. The summed E-state index contributed by atoms with van der Waals surface area (Å²) in [6.45, 7) is 4.80.